The molecule has 6 heteroatoms. The second-order valence-electron chi connectivity index (χ2n) is 17.1. The van der Waals surface area contributed by atoms with E-state index in [0.717, 1.165) is 77.0 Å². The summed E-state index contributed by atoms with van der Waals surface area (Å²) in [6, 6.07) is 0. The Hall–Kier alpha value is -2.37. The Bertz CT molecular complexity index is 1000. The molecule has 0 aliphatic rings. The quantitative estimate of drug-likeness (QED) is 0.0263. The molecule has 0 aliphatic heterocycles. The highest BCUT2D eigenvalue weighted by Gasteiger charge is 2.19. The lowest BCUT2D eigenvalue weighted by Gasteiger charge is -2.18. The fourth-order valence-electron chi connectivity index (χ4n) is 7.19. The zero-order valence-corrected chi connectivity index (χ0v) is 39.3. The van der Waals surface area contributed by atoms with E-state index in [2.05, 4.69) is 57.2 Å². The van der Waals surface area contributed by atoms with E-state index in [0.29, 0.717) is 19.3 Å². The van der Waals surface area contributed by atoms with Crippen LogP contribution in [0.15, 0.2) is 36.5 Å². The van der Waals surface area contributed by atoms with Crippen LogP contribution in [0, 0.1) is 0 Å². The SMILES string of the molecule is CCCCCC/C=C/CCCCCCCCCC(=O)OCC(COC(=O)CCCCCCC/C=C/CCCCCC)OC(=O)CCCCCCC/C=C/CCCCCC. The number of hydrogen-bond donors (Lipinski definition) is 0. The molecular weight excluding hydrogens is 733 g/mol. The summed E-state index contributed by atoms with van der Waals surface area (Å²) < 4.78 is 16.8. The Morgan fingerprint density at radius 3 is 0.847 bits per heavy atom. The van der Waals surface area contributed by atoms with Crippen molar-refractivity contribution in [3.63, 3.8) is 0 Å². The highest BCUT2D eigenvalue weighted by Crippen LogP contribution is 2.14. The lowest BCUT2D eigenvalue weighted by molar-refractivity contribution is -0.167. The van der Waals surface area contributed by atoms with Crippen LogP contribution < -0.4 is 0 Å². The second kappa shape index (κ2) is 48.3. The monoisotopic (exact) mass is 829 g/mol. The van der Waals surface area contributed by atoms with Gasteiger partial charge in [0.05, 0.1) is 0 Å². The number of esters is 3. The van der Waals surface area contributed by atoms with Gasteiger partial charge in [-0.1, -0.05) is 186 Å². The molecule has 0 aromatic heterocycles. The van der Waals surface area contributed by atoms with E-state index >= 15 is 0 Å². The van der Waals surface area contributed by atoms with Gasteiger partial charge >= 0.3 is 17.9 Å². The Kier molecular flexibility index (Phi) is 46.4. The van der Waals surface area contributed by atoms with Crippen LogP contribution in [-0.2, 0) is 28.6 Å². The molecule has 1 unspecified atom stereocenters. The minimum atomic E-state index is -0.778. The summed E-state index contributed by atoms with van der Waals surface area (Å²) in [5, 5.41) is 0. The van der Waals surface area contributed by atoms with E-state index in [1.54, 1.807) is 0 Å². The summed E-state index contributed by atoms with van der Waals surface area (Å²) in [5.41, 5.74) is 0. The Morgan fingerprint density at radius 2 is 0.559 bits per heavy atom. The predicted octanol–water partition coefficient (Wildman–Crippen LogP) is 16.5. The molecule has 6 nitrogen and oxygen atoms in total. The van der Waals surface area contributed by atoms with Gasteiger partial charge < -0.3 is 14.2 Å². The minimum absolute atomic E-state index is 0.0790. The van der Waals surface area contributed by atoms with Gasteiger partial charge in [-0.25, -0.2) is 0 Å². The maximum Gasteiger partial charge on any atom is 0.306 e. The largest absolute Gasteiger partial charge is 0.462 e. The summed E-state index contributed by atoms with van der Waals surface area (Å²) in [6.07, 6.45) is 55.5. The zero-order chi connectivity index (χ0) is 43.0. The lowest BCUT2D eigenvalue weighted by Crippen LogP contribution is -2.30. The summed E-state index contributed by atoms with van der Waals surface area (Å²) in [7, 11) is 0. The van der Waals surface area contributed by atoms with Crippen LogP contribution in [0.5, 0.6) is 0 Å². The fourth-order valence-corrected chi connectivity index (χ4v) is 7.19. The summed E-state index contributed by atoms with van der Waals surface area (Å²) in [6.45, 7) is 6.59. The first-order valence-electron chi connectivity index (χ1n) is 25.5. The van der Waals surface area contributed by atoms with E-state index in [1.165, 1.54) is 148 Å². The molecule has 0 saturated carbocycles. The van der Waals surface area contributed by atoms with Crippen molar-refractivity contribution in [1.82, 2.24) is 0 Å². The number of allylic oxidation sites excluding steroid dienone is 6. The molecule has 0 amide bonds. The first-order valence-corrected chi connectivity index (χ1v) is 25.5. The molecule has 0 spiro atoms. The van der Waals surface area contributed by atoms with Crippen LogP contribution in [0.2, 0.25) is 0 Å². The molecule has 0 bridgehead atoms. The number of rotatable bonds is 46. The van der Waals surface area contributed by atoms with Gasteiger partial charge in [0, 0.05) is 19.3 Å². The number of carbonyl (C=O) groups excluding carboxylic acids is 3. The third-order valence-electron chi connectivity index (χ3n) is 11.1. The van der Waals surface area contributed by atoms with Gasteiger partial charge in [0.25, 0.3) is 0 Å². The third-order valence-corrected chi connectivity index (χ3v) is 11.1. The molecule has 0 radical (unpaired) electrons. The first-order chi connectivity index (χ1) is 29.0. The first kappa shape index (κ1) is 56.6. The number of unbranched alkanes of at least 4 members (excludes halogenated alkanes) is 29. The standard InChI is InChI=1S/C53H96O6/c1-4-7-10-13-16-19-22-25-26-29-31-34-37-40-43-46-52(55)58-49-50(59-53(56)47-44-41-38-35-32-28-24-21-18-15-12-9-6-3)48-57-51(54)45-42-39-36-33-30-27-23-20-17-14-11-8-5-2/h19-24,50H,4-18,25-49H2,1-3H3/b22-19+,23-20+,24-21+. The molecular formula is C53H96O6. The molecule has 0 heterocycles. The normalized spacial score (nSPS) is 12.3. The van der Waals surface area contributed by atoms with Gasteiger partial charge in [0.2, 0.25) is 0 Å². The molecule has 59 heavy (non-hydrogen) atoms. The van der Waals surface area contributed by atoms with E-state index in [4.69, 9.17) is 14.2 Å². The van der Waals surface area contributed by atoms with Crippen LogP contribution in [0.1, 0.15) is 265 Å². The molecule has 0 aromatic rings. The van der Waals surface area contributed by atoms with Crippen LogP contribution in [0.4, 0.5) is 0 Å². The highest BCUT2D eigenvalue weighted by atomic mass is 16.6. The van der Waals surface area contributed by atoms with Crippen molar-refractivity contribution in [2.45, 2.75) is 271 Å². The smallest absolute Gasteiger partial charge is 0.306 e. The molecule has 1 atom stereocenters. The second-order valence-corrected chi connectivity index (χ2v) is 17.1. The van der Waals surface area contributed by atoms with E-state index in [1.807, 2.05) is 0 Å². The van der Waals surface area contributed by atoms with Crippen LogP contribution in [0.25, 0.3) is 0 Å². The average Bonchev–Trinajstić information content (AvgIpc) is 3.23. The topological polar surface area (TPSA) is 78.9 Å². The van der Waals surface area contributed by atoms with Crippen molar-refractivity contribution in [3.05, 3.63) is 36.5 Å². The van der Waals surface area contributed by atoms with Crippen molar-refractivity contribution >= 4 is 17.9 Å². The molecule has 0 saturated heterocycles. The summed E-state index contributed by atoms with van der Waals surface area (Å²) in [5.74, 6) is -0.894. The number of carbonyl (C=O) groups is 3. The Labute approximate surface area is 365 Å². The predicted molar refractivity (Wildman–Crippen MR) is 252 cm³/mol. The number of ether oxygens (including phenoxy) is 3. The molecule has 0 N–H and O–H groups in total. The van der Waals surface area contributed by atoms with Crippen molar-refractivity contribution in [1.29, 1.82) is 0 Å². The zero-order valence-electron chi connectivity index (χ0n) is 39.3. The van der Waals surface area contributed by atoms with Crippen molar-refractivity contribution in [2.75, 3.05) is 13.2 Å². The van der Waals surface area contributed by atoms with Crippen LogP contribution >= 0.6 is 0 Å². The molecule has 344 valence electrons. The van der Waals surface area contributed by atoms with Crippen molar-refractivity contribution in [3.8, 4) is 0 Å². The van der Waals surface area contributed by atoms with Crippen molar-refractivity contribution < 1.29 is 28.6 Å². The molecule has 0 aliphatic carbocycles. The van der Waals surface area contributed by atoms with Crippen molar-refractivity contribution in [2.24, 2.45) is 0 Å². The maximum absolute atomic E-state index is 12.8. The molecule has 0 aromatic carbocycles. The Balaban J connectivity index is 4.38. The third kappa shape index (κ3) is 46.5. The van der Waals surface area contributed by atoms with Gasteiger partial charge in [-0.05, 0) is 96.3 Å². The molecule has 0 rings (SSSR count). The van der Waals surface area contributed by atoms with Crippen LogP contribution in [0.3, 0.4) is 0 Å². The maximum atomic E-state index is 12.8. The number of hydrogen-bond acceptors (Lipinski definition) is 6. The summed E-state index contributed by atoms with van der Waals surface area (Å²) >= 11 is 0. The van der Waals surface area contributed by atoms with Gasteiger partial charge in [-0.2, -0.15) is 0 Å². The summed E-state index contributed by atoms with van der Waals surface area (Å²) in [4.78, 5) is 37.9. The van der Waals surface area contributed by atoms with E-state index in [-0.39, 0.29) is 31.1 Å². The van der Waals surface area contributed by atoms with E-state index < -0.39 is 6.10 Å². The van der Waals surface area contributed by atoms with E-state index in [9.17, 15) is 14.4 Å². The molecule has 0 fully saturated rings. The van der Waals surface area contributed by atoms with Crippen LogP contribution in [-0.4, -0.2) is 37.2 Å². The Morgan fingerprint density at radius 1 is 0.322 bits per heavy atom. The lowest BCUT2D eigenvalue weighted by atomic mass is 10.1. The van der Waals surface area contributed by atoms with Gasteiger partial charge in [0.15, 0.2) is 6.10 Å². The van der Waals surface area contributed by atoms with Gasteiger partial charge in [-0.15, -0.1) is 0 Å². The van der Waals surface area contributed by atoms with Gasteiger partial charge in [-0.3, -0.25) is 14.4 Å². The highest BCUT2D eigenvalue weighted by molar-refractivity contribution is 5.71. The van der Waals surface area contributed by atoms with Gasteiger partial charge in [0.1, 0.15) is 13.2 Å². The fraction of sp³-hybridized carbons (Fsp3) is 0.830. The minimum Gasteiger partial charge on any atom is -0.462 e. The average molecular weight is 829 g/mol.